The molecule has 3 heterocycles. The fourth-order valence-corrected chi connectivity index (χ4v) is 5.39. The number of ether oxygens (including phenoxy) is 1. The van der Waals surface area contributed by atoms with Crippen molar-refractivity contribution in [2.75, 3.05) is 32.8 Å². The van der Waals surface area contributed by atoms with Crippen molar-refractivity contribution >= 4 is 28.9 Å². The van der Waals surface area contributed by atoms with E-state index in [1.54, 1.807) is 11.8 Å². The van der Waals surface area contributed by atoms with Gasteiger partial charge in [0.2, 0.25) is 5.91 Å². The Bertz CT molecular complexity index is 1010. The third-order valence-electron chi connectivity index (χ3n) is 7.56. The minimum atomic E-state index is -0.271. The van der Waals surface area contributed by atoms with Crippen molar-refractivity contribution in [2.24, 2.45) is 11.3 Å². The number of benzene rings is 1. The van der Waals surface area contributed by atoms with Crippen molar-refractivity contribution in [3.8, 4) is 0 Å². The van der Waals surface area contributed by atoms with Crippen LogP contribution in [0.3, 0.4) is 0 Å². The van der Waals surface area contributed by atoms with E-state index in [0.717, 1.165) is 43.1 Å². The summed E-state index contributed by atoms with van der Waals surface area (Å²) in [6.07, 6.45) is 3.82. The number of carbonyl (C=O) groups excluding carboxylic acids is 3. The molecule has 1 N–H and O–H groups in total. The Labute approximate surface area is 193 Å². The van der Waals surface area contributed by atoms with Crippen LogP contribution in [0.1, 0.15) is 49.6 Å². The fraction of sp³-hybridized carbons (Fsp3) is 0.560. The summed E-state index contributed by atoms with van der Waals surface area (Å²) in [5, 5.41) is 4.14. The van der Waals surface area contributed by atoms with Crippen LogP contribution >= 0.6 is 0 Å². The Morgan fingerprint density at radius 2 is 1.82 bits per heavy atom. The number of piperidine rings is 2. The van der Waals surface area contributed by atoms with Crippen LogP contribution in [0.5, 0.6) is 0 Å². The van der Waals surface area contributed by atoms with Gasteiger partial charge < -0.3 is 24.3 Å². The third-order valence-corrected chi connectivity index (χ3v) is 7.56. The van der Waals surface area contributed by atoms with Crippen molar-refractivity contribution in [1.29, 1.82) is 0 Å². The van der Waals surface area contributed by atoms with E-state index in [1.165, 1.54) is 0 Å². The lowest BCUT2D eigenvalue weighted by atomic mass is 9.90. The Hall–Kier alpha value is -3.03. The lowest BCUT2D eigenvalue weighted by molar-refractivity contribution is -0.124. The maximum atomic E-state index is 12.9. The van der Waals surface area contributed by atoms with Gasteiger partial charge in [-0.25, -0.2) is 4.79 Å². The molecular weight excluding hydrogens is 422 g/mol. The van der Waals surface area contributed by atoms with E-state index in [4.69, 9.17) is 9.15 Å². The van der Waals surface area contributed by atoms with Crippen LogP contribution in [0.2, 0.25) is 0 Å². The molecule has 0 radical (unpaired) electrons. The SMILES string of the molecule is CCOC(=O)N1CCC(NC(=O)[C@@H]2CC23CCN(C(=O)c2cc4ccccc4o2)CC3)CC1. The predicted octanol–water partition coefficient (Wildman–Crippen LogP) is 3.41. The minimum absolute atomic E-state index is 0.0281. The molecule has 0 bridgehead atoms. The minimum Gasteiger partial charge on any atom is -0.451 e. The number of likely N-dealkylation sites (tertiary alicyclic amines) is 2. The van der Waals surface area contributed by atoms with Crippen LogP contribution < -0.4 is 5.32 Å². The first-order valence-corrected chi connectivity index (χ1v) is 12.0. The average Bonchev–Trinajstić information content (AvgIpc) is 3.35. The molecule has 2 saturated heterocycles. The fourth-order valence-electron chi connectivity index (χ4n) is 5.39. The summed E-state index contributed by atoms with van der Waals surface area (Å²) >= 11 is 0. The molecule has 176 valence electrons. The second-order valence-corrected chi connectivity index (χ2v) is 9.53. The van der Waals surface area contributed by atoms with E-state index in [-0.39, 0.29) is 35.3 Å². The molecular formula is C25H31N3O5. The summed E-state index contributed by atoms with van der Waals surface area (Å²) in [6, 6.07) is 9.55. The zero-order valence-corrected chi connectivity index (χ0v) is 19.0. The van der Waals surface area contributed by atoms with Gasteiger partial charge >= 0.3 is 6.09 Å². The van der Waals surface area contributed by atoms with Crippen LogP contribution in [0.4, 0.5) is 4.79 Å². The van der Waals surface area contributed by atoms with E-state index >= 15 is 0 Å². The number of para-hydroxylation sites is 1. The van der Waals surface area contributed by atoms with Crippen molar-refractivity contribution in [3.63, 3.8) is 0 Å². The number of furan rings is 1. The molecule has 1 aromatic carbocycles. The van der Waals surface area contributed by atoms with Gasteiger partial charge in [-0.05, 0) is 56.6 Å². The number of nitrogens with one attached hydrogen (secondary N) is 1. The van der Waals surface area contributed by atoms with Crippen LogP contribution in [0.15, 0.2) is 34.7 Å². The van der Waals surface area contributed by atoms with E-state index < -0.39 is 0 Å². The number of fused-ring (bicyclic) bond motifs is 1. The number of carbonyl (C=O) groups is 3. The first-order chi connectivity index (χ1) is 16.0. The van der Waals surface area contributed by atoms with Gasteiger partial charge in [0.05, 0.1) is 6.61 Å². The summed E-state index contributed by atoms with van der Waals surface area (Å²) in [4.78, 5) is 41.2. The highest BCUT2D eigenvalue weighted by Gasteiger charge is 2.59. The van der Waals surface area contributed by atoms with Crippen LogP contribution in [-0.2, 0) is 9.53 Å². The molecule has 33 heavy (non-hydrogen) atoms. The normalized spacial score (nSPS) is 22.4. The molecule has 8 heteroatoms. The second-order valence-electron chi connectivity index (χ2n) is 9.53. The van der Waals surface area contributed by atoms with Gasteiger partial charge in [-0.15, -0.1) is 0 Å². The summed E-state index contributed by atoms with van der Waals surface area (Å²) in [5.41, 5.74) is 0.752. The number of amides is 3. The van der Waals surface area contributed by atoms with Crippen molar-refractivity contribution < 1.29 is 23.5 Å². The molecule has 1 saturated carbocycles. The highest BCUT2D eigenvalue weighted by molar-refractivity contribution is 5.96. The Kier molecular flexibility index (Phi) is 5.76. The quantitative estimate of drug-likeness (QED) is 0.766. The molecule has 3 fully saturated rings. The predicted molar refractivity (Wildman–Crippen MR) is 122 cm³/mol. The van der Waals surface area contributed by atoms with Crippen LogP contribution in [-0.4, -0.2) is 66.5 Å². The summed E-state index contributed by atoms with van der Waals surface area (Å²) in [5.74, 6) is 0.466. The second kappa shape index (κ2) is 8.72. The topological polar surface area (TPSA) is 92.1 Å². The highest BCUT2D eigenvalue weighted by Crippen LogP contribution is 2.59. The first-order valence-electron chi connectivity index (χ1n) is 12.0. The average molecular weight is 454 g/mol. The van der Waals surface area contributed by atoms with Gasteiger partial charge in [-0.2, -0.15) is 0 Å². The number of rotatable bonds is 4. The maximum absolute atomic E-state index is 12.9. The zero-order valence-electron chi connectivity index (χ0n) is 19.0. The smallest absolute Gasteiger partial charge is 0.409 e. The molecule has 3 amide bonds. The molecule has 1 aromatic heterocycles. The molecule has 0 unspecified atom stereocenters. The van der Waals surface area contributed by atoms with Gasteiger partial charge in [0.1, 0.15) is 5.58 Å². The molecule has 1 aliphatic carbocycles. The van der Waals surface area contributed by atoms with Crippen molar-refractivity contribution in [2.45, 2.75) is 45.1 Å². The van der Waals surface area contributed by atoms with E-state index in [2.05, 4.69) is 5.32 Å². The van der Waals surface area contributed by atoms with Gasteiger partial charge in [0, 0.05) is 43.5 Å². The lowest BCUT2D eigenvalue weighted by Gasteiger charge is -2.33. The van der Waals surface area contributed by atoms with Crippen molar-refractivity contribution in [1.82, 2.24) is 15.1 Å². The summed E-state index contributed by atoms with van der Waals surface area (Å²) in [6.45, 7) is 4.70. The van der Waals surface area contributed by atoms with E-state index in [9.17, 15) is 14.4 Å². The van der Waals surface area contributed by atoms with Gasteiger partial charge in [-0.1, -0.05) is 18.2 Å². The zero-order chi connectivity index (χ0) is 23.0. The molecule has 2 aromatic rings. The Balaban J connectivity index is 1.10. The summed E-state index contributed by atoms with van der Waals surface area (Å²) in [7, 11) is 0. The van der Waals surface area contributed by atoms with Gasteiger partial charge in [0.25, 0.3) is 5.91 Å². The molecule has 1 spiro atoms. The van der Waals surface area contributed by atoms with Crippen LogP contribution in [0, 0.1) is 11.3 Å². The maximum Gasteiger partial charge on any atom is 0.409 e. The third kappa shape index (κ3) is 4.30. The van der Waals surface area contributed by atoms with E-state index in [0.29, 0.717) is 38.5 Å². The highest BCUT2D eigenvalue weighted by atomic mass is 16.6. The molecule has 3 aliphatic rings. The number of nitrogens with zero attached hydrogens (tertiary/aromatic N) is 2. The summed E-state index contributed by atoms with van der Waals surface area (Å²) < 4.78 is 10.8. The van der Waals surface area contributed by atoms with Crippen molar-refractivity contribution in [3.05, 3.63) is 36.1 Å². The van der Waals surface area contributed by atoms with Crippen LogP contribution in [0.25, 0.3) is 11.0 Å². The van der Waals surface area contributed by atoms with E-state index in [1.807, 2.05) is 35.2 Å². The number of hydrogen-bond donors (Lipinski definition) is 1. The monoisotopic (exact) mass is 453 g/mol. The van der Waals surface area contributed by atoms with Gasteiger partial charge in [0.15, 0.2) is 5.76 Å². The lowest BCUT2D eigenvalue weighted by Crippen LogP contribution is -2.47. The molecule has 2 aliphatic heterocycles. The Morgan fingerprint density at radius 1 is 1.09 bits per heavy atom. The number of hydrogen-bond acceptors (Lipinski definition) is 5. The first kappa shape index (κ1) is 21.8. The molecule has 5 rings (SSSR count). The molecule has 8 nitrogen and oxygen atoms in total. The standard InChI is InChI=1S/C25H31N3O5/c1-2-32-24(31)28-11-7-18(8-12-28)26-22(29)19-16-25(19)9-13-27(14-10-25)23(30)21-15-17-5-3-4-6-20(17)33-21/h3-6,15,18-19H,2,7-14,16H2,1H3,(H,26,29)/t19-/m0/s1. The largest absolute Gasteiger partial charge is 0.451 e. The Morgan fingerprint density at radius 3 is 2.52 bits per heavy atom. The molecule has 1 atom stereocenters. The van der Waals surface area contributed by atoms with Gasteiger partial charge in [-0.3, -0.25) is 9.59 Å².